The lowest BCUT2D eigenvalue weighted by atomic mass is 10.0. The van der Waals surface area contributed by atoms with E-state index in [1.807, 2.05) is 11.8 Å². The Kier molecular flexibility index (Phi) is 10.00. The first-order valence-electron chi connectivity index (χ1n) is 15.4. The number of aryl methyl sites for hydroxylation is 1. The van der Waals surface area contributed by atoms with Crippen LogP contribution in [0.2, 0.25) is 10.0 Å². The molecule has 2 aliphatic heterocycles. The number of morpholine rings is 1. The van der Waals surface area contributed by atoms with E-state index in [1.165, 1.54) is 10.3 Å². The number of hydrogen-bond donors (Lipinski definition) is 1. The number of ether oxygens (including phenoxy) is 1. The second kappa shape index (κ2) is 14.1. The number of fused-ring (bicyclic) bond motifs is 1. The quantitative estimate of drug-likeness (QED) is 0.257. The average Bonchev–Trinajstić information content (AvgIpc) is 3.50. The number of piperidine rings is 1. The second-order valence-corrected chi connectivity index (χ2v) is 14.3. The summed E-state index contributed by atoms with van der Waals surface area (Å²) in [5.74, 6) is 0.624. The van der Waals surface area contributed by atoms with E-state index < -0.39 is 10.0 Å². The van der Waals surface area contributed by atoms with Crippen LogP contribution >= 0.6 is 23.2 Å². The molecule has 2 fully saturated rings. The number of amides is 1. The highest BCUT2D eigenvalue weighted by atomic mass is 35.5. The lowest BCUT2D eigenvalue weighted by molar-refractivity contribution is -0.130. The zero-order valence-corrected chi connectivity index (χ0v) is 27.9. The van der Waals surface area contributed by atoms with Crippen LogP contribution in [0.15, 0.2) is 66.0 Å². The van der Waals surface area contributed by atoms with Gasteiger partial charge in [-0.3, -0.25) is 9.69 Å². The van der Waals surface area contributed by atoms with Crippen LogP contribution in [-0.2, 0) is 19.6 Å². The van der Waals surface area contributed by atoms with Gasteiger partial charge in [0.05, 0.1) is 30.0 Å². The minimum Gasteiger partial charge on any atom is -0.379 e. The Balaban J connectivity index is 1.27. The third-order valence-electron chi connectivity index (χ3n) is 8.53. The lowest BCUT2D eigenvalue weighted by Crippen LogP contribution is -2.53. The van der Waals surface area contributed by atoms with Gasteiger partial charge in [-0.15, -0.1) is 0 Å². The van der Waals surface area contributed by atoms with E-state index >= 15 is 0 Å². The Hall–Kier alpha value is -3.42. The molecule has 2 aromatic heterocycles. The number of carbonyl (C=O) groups is 1. The molecule has 14 heteroatoms. The van der Waals surface area contributed by atoms with E-state index in [9.17, 15) is 13.2 Å². The minimum atomic E-state index is -3.88. The fourth-order valence-electron chi connectivity index (χ4n) is 6.08. The van der Waals surface area contributed by atoms with Crippen LogP contribution in [0.4, 0.5) is 11.5 Å². The number of anilines is 2. The lowest BCUT2D eigenvalue weighted by Gasteiger charge is -2.41. The third-order valence-corrected chi connectivity index (χ3v) is 10.7. The Morgan fingerprint density at radius 1 is 1.04 bits per heavy atom. The fourth-order valence-corrected chi connectivity index (χ4v) is 7.91. The Bertz CT molecular complexity index is 1780. The standard InChI is InChI=1S/C32H37Cl2N7O4S/c1-23-4-6-28(7-5-23)46(43,44)41-10-8-29-31(36-22-37-32(29)41)40(12-11-38-13-15-45-16-14-38)27-3-2-9-39(21-27)30(42)20-35-26-18-24(33)17-25(34)19-26/h4-8,10,17-19,22,27,35H,2-3,9,11-16,20-21H2,1H3. The number of halogens is 2. The van der Waals surface area contributed by atoms with Crippen LogP contribution in [-0.4, -0.2) is 103 Å². The summed E-state index contributed by atoms with van der Waals surface area (Å²) in [5, 5.41) is 4.78. The fraction of sp³-hybridized carbons (Fsp3) is 0.406. The molecule has 1 N–H and O–H groups in total. The molecule has 2 aromatic carbocycles. The molecule has 46 heavy (non-hydrogen) atoms. The number of carbonyl (C=O) groups excluding carboxylic acids is 1. The van der Waals surface area contributed by atoms with E-state index in [2.05, 4.69) is 20.1 Å². The molecule has 6 rings (SSSR count). The van der Waals surface area contributed by atoms with Crippen molar-refractivity contribution in [3.63, 3.8) is 0 Å². The summed E-state index contributed by atoms with van der Waals surface area (Å²) in [6.07, 6.45) is 4.65. The first kappa shape index (κ1) is 32.5. The van der Waals surface area contributed by atoms with Crippen molar-refractivity contribution in [2.75, 3.05) is 69.2 Å². The van der Waals surface area contributed by atoms with Gasteiger partial charge in [0.2, 0.25) is 5.91 Å². The van der Waals surface area contributed by atoms with Crippen LogP contribution in [0.25, 0.3) is 11.0 Å². The molecule has 4 aromatic rings. The van der Waals surface area contributed by atoms with Gasteiger partial charge < -0.3 is 19.9 Å². The van der Waals surface area contributed by atoms with Crippen LogP contribution in [0, 0.1) is 6.92 Å². The van der Waals surface area contributed by atoms with Gasteiger partial charge in [-0.1, -0.05) is 40.9 Å². The third kappa shape index (κ3) is 7.26. The van der Waals surface area contributed by atoms with Crippen LogP contribution in [0.5, 0.6) is 0 Å². The Morgan fingerprint density at radius 2 is 1.78 bits per heavy atom. The van der Waals surface area contributed by atoms with E-state index in [0.717, 1.165) is 38.0 Å². The van der Waals surface area contributed by atoms with Crippen molar-refractivity contribution in [1.82, 2.24) is 23.7 Å². The van der Waals surface area contributed by atoms with E-state index in [0.29, 0.717) is 65.4 Å². The van der Waals surface area contributed by atoms with Crippen molar-refractivity contribution in [2.45, 2.75) is 30.7 Å². The van der Waals surface area contributed by atoms with Gasteiger partial charge in [0, 0.05) is 67.2 Å². The van der Waals surface area contributed by atoms with E-state index in [-0.39, 0.29) is 23.4 Å². The molecule has 244 valence electrons. The molecular weight excluding hydrogens is 649 g/mol. The van der Waals surface area contributed by atoms with Gasteiger partial charge in [0.15, 0.2) is 5.65 Å². The van der Waals surface area contributed by atoms with Crippen molar-refractivity contribution in [3.8, 4) is 0 Å². The normalized spacial score (nSPS) is 17.7. The maximum Gasteiger partial charge on any atom is 0.269 e. The SMILES string of the molecule is Cc1ccc(S(=O)(=O)n2ccc3c(N(CCN4CCOCC4)C4CCCN(C(=O)CNc5cc(Cl)cc(Cl)c5)C4)ncnc32)cc1. The van der Waals surface area contributed by atoms with E-state index in [4.69, 9.17) is 32.9 Å². The zero-order chi connectivity index (χ0) is 32.3. The molecule has 0 bridgehead atoms. The second-order valence-electron chi connectivity index (χ2n) is 11.7. The monoisotopic (exact) mass is 685 g/mol. The molecule has 0 saturated carbocycles. The van der Waals surface area contributed by atoms with Gasteiger partial charge in [0.1, 0.15) is 12.1 Å². The van der Waals surface area contributed by atoms with Gasteiger partial charge >= 0.3 is 0 Å². The number of likely N-dealkylation sites (tertiary alicyclic amines) is 1. The molecular formula is C32H37Cl2N7O4S. The number of aromatic nitrogens is 3. The van der Waals surface area contributed by atoms with Crippen LogP contribution in [0.1, 0.15) is 18.4 Å². The maximum atomic E-state index is 13.7. The number of hydrogen-bond acceptors (Lipinski definition) is 9. The molecule has 1 unspecified atom stereocenters. The number of rotatable bonds is 10. The molecule has 0 spiro atoms. The molecule has 1 amide bonds. The number of nitrogens with one attached hydrogen (secondary N) is 1. The summed E-state index contributed by atoms with van der Waals surface area (Å²) in [5.41, 5.74) is 1.97. The molecule has 0 aliphatic carbocycles. The van der Waals surface area contributed by atoms with Gasteiger partial charge in [0.25, 0.3) is 10.0 Å². The first-order chi connectivity index (χ1) is 22.2. The van der Waals surface area contributed by atoms with Crippen molar-refractivity contribution in [3.05, 3.63) is 76.7 Å². The smallest absolute Gasteiger partial charge is 0.269 e. The summed E-state index contributed by atoms with van der Waals surface area (Å²) in [6, 6.07) is 13.6. The first-order valence-corrected chi connectivity index (χ1v) is 17.6. The summed E-state index contributed by atoms with van der Waals surface area (Å²) >= 11 is 12.3. The van der Waals surface area contributed by atoms with Crippen LogP contribution in [0.3, 0.4) is 0 Å². The maximum absolute atomic E-state index is 13.7. The van der Waals surface area contributed by atoms with Gasteiger partial charge in [-0.25, -0.2) is 22.4 Å². The molecule has 2 aliphatic rings. The highest BCUT2D eigenvalue weighted by molar-refractivity contribution is 7.90. The van der Waals surface area contributed by atoms with Crippen molar-refractivity contribution < 1.29 is 17.9 Å². The van der Waals surface area contributed by atoms with Crippen LogP contribution < -0.4 is 10.2 Å². The molecule has 2 saturated heterocycles. The van der Waals surface area contributed by atoms with Crippen molar-refractivity contribution in [1.29, 1.82) is 0 Å². The number of nitrogens with zero attached hydrogens (tertiary/aromatic N) is 6. The predicted octanol–water partition coefficient (Wildman–Crippen LogP) is 4.53. The summed E-state index contributed by atoms with van der Waals surface area (Å²) < 4.78 is 34.1. The predicted molar refractivity (Wildman–Crippen MR) is 180 cm³/mol. The van der Waals surface area contributed by atoms with Gasteiger partial charge in [-0.05, 0) is 56.2 Å². The molecule has 1 atom stereocenters. The minimum absolute atomic E-state index is 0.0305. The zero-order valence-electron chi connectivity index (χ0n) is 25.6. The Labute approximate surface area is 279 Å². The highest BCUT2D eigenvalue weighted by Gasteiger charge is 2.31. The summed E-state index contributed by atoms with van der Waals surface area (Å²) in [4.78, 5) is 29.2. The molecule has 11 nitrogen and oxygen atoms in total. The topological polar surface area (TPSA) is 113 Å². The summed E-state index contributed by atoms with van der Waals surface area (Å²) in [6.45, 7) is 7.66. The van der Waals surface area contributed by atoms with Crippen molar-refractivity contribution in [2.24, 2.45) is 0 Å². The van der Waals surface area contributed by atoms with Crippen molar-refractivity contribution >= 4 is 61.7 Å². The molecule has 4 heterocycles. The molecule has 0 radical (unpaired) electrons. The van der Waals surface area contributed by atoms with E-state index in [1.54, 1.807) is 54.7 Å². The largest absolute Gasteiger partial charge is 0.379 e. The average molecular weight is 687 g/mol. The highest BCUT2D eigenvalue weighted by Crippen LogP contribution is 2.30. The Morgan fingerprint density at radius 3 is 2.52 bits per heavy atom. The number of benzene rings is 2. The van der Waals surface area contributed by atoms with Gasteiger partial charge in [-0.2, -0.15) is 0 Å². The summed E-state index contributed by atoms with van der Waals surface area (Å²) in [7, 11) is -3.88.